The van der Waals surface area contributed by atoms with Gasteiger partial charge in [0.25, 0.3) is 0 Å². The third kappa shape index (κ3) is 4.40. The first kappa shape index (κ1) is 16.7. The van der Waals surface area contributed by atoms with Gasteiger partial charge in [-0.3, -0.25) is 0 Å². The highest BCUT2D eigenvalue weighted by atomic mass is 35.5. The van der Waals surface area contributed by atoms with Crippen LogP contribution in [-0.2, 0) is 10.0 Å². The van der Waals surface area contributed by atoms with Crippen molar-refractivity contribution >= 4 is 21.6 Å². The van der Waals surface area contributed by atoms with Gasteiger partial charge in [-0.05, 0) is 43.7 Å². The fourth-order valence-corrected chi connectivity index (χ4v) is 3.94. The summed E-state index contributed by atoms with van der Waals surface area (Å²) >= 11 is 5.79. The van der Waals surface area contributed by atoms with E-state index in [9.17, 15) is 8.42 Å². The third-order valence-electron chi connectivity index (χ3n) is 3.67. The monoisotopic (exact) mass is 332 g/mol. The van der Waals surface area contributed by atoms with Crippen LogP contribution in [0.15, 0.2) is 29.2 Å². The van der Waals surface area contributed by atoms with Gasteiger partial charge < -0.3 is 10.0 Å². The summed E-state index contributed by atoms with van der Waals surface area (Å²) in [4.78, 5) is 2.53. The lowest BCUT2D eigenvalue weighted by Crippen LogP contribution is -2.48. The Labute approximate surface area is 131 Å². The number of halogens is 1. The molecule has 0 aliphatic carbocycles. The molecule has 0 amide bonds. The molecule has 0 radical (unpaired) electrons. The molecule has 7 heteroatoms. The van der Waals surface area contributed by atoms with Crippen molar-refractivity contribution < 1.29 is 13.5 Å². The summed E-state index contributed by atoms with van der Waals surface area (Å²) in [6.07, 6.45) is 1.74. The first-order chi connectivity index (χ1) is 10.0. The summed E-state index contributed by atoms with van der Waals surface area (Å²) in [5.74, 6) is 0. The number of aliphatic hydroxyl groups is 1. The highest BCUT2D eigenvalue weighted by Crippen LogP contribution is 2.19. The van der Waals surface area contributed by atoms with Gasteiger partial charge in [0, 0.05) is 37.8 Å². The minimum atomic E-state index is -3.42. The van der Waals surface area contributed by atoms with Gasteiger partial charge in [0.05, 0.1) is 4.90 Å². The van der Waals surface area contributed by atoms with Gasteiger partial charge in [0.15, 0.2) is 0 Å². The second-order valence-corrected chi connectivity index (χ2v) is 7.50. The lowest BCUT2D eigenvalue weighted by Gasteiger charge is -2.33. The second kappa shape index (κ2) is 7.56. The molecule has 1 saturated heterocycles. The van der Waals surface area contributed by atoms with Crippen molar-refractivity contribution in [2.24, 2.45) is 0 Å². The van der Waals surface area contributed by atoms with Gasteiger partial charge in [-0.15, -0.1) is 0 Å². The SMILES string of the molecule is O=S(=O)(c1ccc(Cl)cc1)N1CCN(CCCCO)CC1. The first-order valence-electron chi connectivity index (χ1n) is 7.13. The number of aliphatic hydroxyl groups excluding tert-OH is 1. The number of rotatable bonds is 6. The van der Waals surface area contributed by atoms with Crippen molar-refractivity contribution in [3.05, 3.63) is 29.3 Å². The molecule has 2 rings (SSSR count). The average molecular weight is 333 g/mol. The molecule has 0 saturated carbocycles. The normalized spacial score (nSPS) is 18.0. The summed E-state index contributed by atoms with van der Waals surface area (Å²) in [5, 5.41) is 9.30. The number of hydrogen-bond donors (Lipinski definition) is 1. The fraction of sp³-hybridized carbons (Fsp3) is 0.571. The van der Waals surface area contributed by atoms with Gasteiger partial charge >= 0.3 is 0 Å². The first-order valence-corrected chi connectivity index (χ1v) is 8.95. The Bertz CT molecular complexity index is 540. The van der Waals surface area contributed by atoms with Gasteiger partial charge in [0.1, 0.15) is 0 Å². The number of piperazine rings is 1. The largest absolute Gasteiger partial charge is 0.396 e. The summed E-state index contributed by atoms with van der Waals surface area (Å²) < 4.78 is 26.5. The average Bonchev–Trinajstić information content (AvgIpc) is 2.48. The van der Waals surface area contributed by atoms with Gasteiger partial charge in [0.2, 0.25) is 10.0 Å². The van der Waals surface area contributed by atoms with E-state index in [0.717, 1.165) is 32.5 Å². The van der Waals surface area contributed by atoms with Crippen molar-refractivity contribution in [2.75, 3.05) is 39.3 Å². The summed E-state index contributed by atoms with van der Waals surface area (Å²) in [5.41, 5.74) is 0. The molecule has 0 atom stereocenters. The molecule has 5 nitrogen and oxygen atoms in total. The minimum Gasteiger partial charge on any atom is -0.396 e. The summed E-state index contributed by atoms with van der Waals surface area (Å²) in [6, 6.07) is 6.29. The van der Waals surface area contributed by atoms with Crippen LogP contribution in [0.2, 0.25) is 5.02 Å². The zero-order valence-electron chi connectivity index (χ0n) is 11.9. The van der Waals surface area contributed by atoms with Crippen LogP contribution < -0.4 is 0 Å². The molecule has 1 aromatic carbocycles. The molecular weight excluding hydrogens is 312 g/mol. The molecule has 1 aromatic rings. The predicted molar refractivity (Wildman–Crippen MR) is 83.0 cm³/mol. The van der Waals surface area contributed by atoms with E-state index in [2.05, 4.69) is 4.90 Å². The molecule has 21 heavy (non-hydrogen) atoms. The van der Waals surface area contributed by atoms with Crippen LogP contribution in [0.5, 0.6) is 0 Å². The Morgan fingerprint density at radius 2 is 1.67 bits per heavy atom. The Balaban J connectivity index is 1.93. The number of hydrogen-bond acceptors (Lipinski definition) is 4. The highest BCUT2D eigenvalue weighted by molar-refractivity contribution is 7.89. The maximum Gasteiger partial charge on any atom is 0.243 e. The van der Waals surface area contributed by atoms with Crippen molar-refractivity contribution in [1.82, 2.24) is 9.21 Å². The molecular formula is C14H21ClN2O3S. The van der Waals surface area contributed by atoms with Gasteiger partial charge in [-0.2, -0.15) is 4.31 Å². The minimum absolute atomic E-state index is 0.213. The van der Waals surface area contributed by atoms with E-state index >= 15 is 0 Å². The molecule has 0 bridgehead atoms. The standard InChI is InChI=1S/C14H21ClN2O3S/c15-13-3-5-14(6-4-13)21(19,20)17-10-8-16(9-11-17)7-1-2-12-18/h3-6,18H,1-2,7-12H2. The van der Waals surface area contributed by atoms with Crippen LogP contribution in [-0.4, -0.2) is 62.1 Å². The molecule has 0 aromatic heterocycles. The lowest BCUT2D eigenvalue weighted by molar-refractivity contribution is 0.180. The smallest absolute Gasteiger partial charge is 0.243 e. The molecule has 1 N–H and O–H groups in total. The molecule has 0 unspecified atom stereocenters. The zero-order chi connectivity index (χ0) is 15.3. The number of sulfonamides is 1. The zero-order valence-corrected chi connectivity index (χ0v) is 13.5. The Morgan fingerprint density at radius 1 is 1.05 bits per heavy atom. The maximum absolute atomic E-state index is 12.5. The number of nitrogens with zero attached hydrogens (tertiary/aromatic N) is 2. The Kier molecular flexibility index (Phi) is 6.01. The van der Waals surface area contributed by atoms with Crippen molar-refractivity contribution in [2.45, 2.75) is 17.7 Å². The number of unbranched alkanes of at least 4 members (excludes halogenated alkanes) is 1. The van der Waals surface area contributed by atoms with E-state index in [1.807, 2.05) is 0 Å². The van der Waals surface area contributed by atoms with Crippen LogP contribution in [0.3, 0.4) is 0 Å². The molecule has 1 heterocycles. The lowest BCUT2D eigenvalue weighted by atomic mass is 10.3. The van der Waals surface area contributed by atoms with E-state index in [1.54, 1.807) is 24.3 Å². The van der Waals surface area contributed by atoms with Gasteiger partial charge in [-0.1, -0.05) is 11.6 Å². The van der Waals surface area contributed by atoms with Crippen LogP contribution in [0, 0.1) is 0 Å². The molecule has 118 valence electrons. The van der Waals surface area contributed by atoms with Crippen LogP contribution in [0.1, 0.15) is 12.8 Å². The highest BCUT2D eigenvalue weighted by Gasteiger charge is 2.28. The third-order valence-corrected chi connectivity index (χ3v) is 5.83. The maximum atomic E-state index is 12.5. The predicted octanol–water partition coefficient (Wildman–Crippen LogP) is 1.42. The van der Waals surface area contributed by atoms with Crippen molar-refractivity contribution in [3.8, 4) is 0 Å². The Morgan fingerprint density at radius 3 is 2.24 bits per heavy atom. The second-order valence-electron chi connectivity index (χ2n) is 5.13. The van der Waals surface area contributed by atoms with Crippen LogP contribution >= 0.6 is 11.6 Å². The summed E-state index contributed by atoms with van der Waals surface area (Å²) in [6.45, 7) is 3.60. The summed E-state index contributed by atoms with van der Waals surface area (Å²) in [7, 11) is -3.42. The van der Waals surface area contributed by atoms with E-state index in [4.69, 9.17) is 16.7 Å². The Hall–Kier alpha value is -0.660. The quantitative estimate of drug-likeness (QED) is 0.800. The van der Waals surface area contributed by atoms with E-state index in [-0.39, 0.29) is 6.61 Å². The topological polar surface area (TPSA) is 60.9 Å². The van der Waals surface area contributed by atoms with E-state index < -0.39 is 10.0 Å². The van der Waals surface area contributed by atoms with E-state index in [1.165, 1.54) is 4.31 Å². The van der Waals surface area contributed by atoms with E-state index in [0.29, 0.717) is 23.0 Å². The van der Waals surface area contributed by atoms with Crippen molar-refractivity contribution in [3.63, 3.8) is 0 Å². The van der Waals surface area contributed by atoms with Crippen molar-refractivity contribution in [1.29, 1.82) is 0 Å². The van der Waals surface area contributed by atoms with Crippen LogP contribution in [0.4, 0.5) is 0 Å². The van der Waals surface area contributed by atoms with Crippen LogP contribution in [0.25, 0.3) is 0 Å². The molecule has 1 aliphatic heterocycles. The molecule has 1 aliphatic rings. The number of benzene rings is 1. The molecule has 1 fully saturated rings. The fourth-order valence-electron chi connectivity index (χ4n) is 2.40. The molecule has 0 spiro atoms. The van der Waals surface area contributed by atoms with Gasteiger partial charge in [-0.25, -0.2) is 8.42 Å².